The molecule has 0 spiro atoms. The van der Waals surface area contributed by atoms with E-state index in [1.165, 1.54) is 19.3 Å². The van der Waals surface area contributed by atoms with Crippen molar-refractivity contribution in [3.05, 3.63) is 85.1 Å². The molecule has 0 unspecified atom stereocenters. The second-order valence-corrected chi connectivity index (χ2v) is 8.29. The van der Waals surface area contributed by atoms with Crippen LogP contribution in [-0.2, 0) is 0 Å². The van der Waals surface area contributed by atoms with E-state index < -0.39 is 0 Å². The maximum atomic E-state index is 6.43. The first kappa shape index (κ1) is 30.0. The summed E-state index contributed by atoms with van der Waals surface area (Å²) in [5, 5.41) is 0. The maximum Gasteiger partial charge on any atom is 0.222 e. The predicted molar refractivity (Wildman–Crippen MR) is 156 cm³/mol. The van der Waals surface area contributed by atoms with Gasteiger partial charge in [-0.3, -0.25) is 0 Å². The van der Waals surface area contributed by atoms with Crippen LogP contribution in [0, 0.1) is 0 Å². The van der Waals surface area contributed by atoms with Gasteiger partial charge >= 0.3 is 0 Å². The molecule has 3 rings (SSSR count). The lowest BCUT2D eigenvalue weighted by molar-refractivity contribution is 0.148. The van der Waals surface area contributed by atoms with Crippen molar-refractivity contribution in [1.29, 1.82) is 0 Å². The molecule has 35 heavy (non-hydrogen) atoms. The lowest BCUT2D eigenvalue weighted by atomic mass is 9.97. The van der Waals surface area contributed by atoms with Gasteiger partial charge in [-0.2, -0.15) is 0 Å². The third-order valence-electron chi connectivity index (χ3n) is 5.51. The van der Waals surface area contributed by atoms with Gasteiger partial charge in [0.1, 0.15) is 6.10 Å². The molecule has 0 aliphatic heterocycles. The second-order valence-electron chi connectivity index (χ2n) is 8.29. The van der Waals surface area contributed by atoms with Crippen molar-refractivity contribution in [2.45, 2.75) is 72.8 Å². The molecule has 1 aromatic carbocycles. The lowest BCUT2D eigenvalue weighted by Crippen LogP contribution is -2.20. The van der Waals surface area contributed by atoms with E-state index in [4.69, 9.17) is 9.72 Å². The molecule has 0 radical (unpaired) electrons. The number of hydrogen-bond donors (Lipinski definition) is 0. The molecule has 2 aromatic rings. The SMILES string of the molecule is C=C/C(=C\N(C)C)c1cccc(-c2ccc(C(=C)/C=C\C)c(OC3CCCCC3)n2)c1.CC.CC. The molecule has 0 saturated heterocycles. The second kappa shape index (κ2) is 16.5. The maximum absolute atomic E-state index is 6.43. The Morgan fingerprint density at radius 1 is 1.03 bits per heavy atom. The summed E-state index contributed by atoms with van der Waals surface area (Å²) in [4.78, 5) is 6.98. The molecule has 1 fully saturated rings. The number of rotatable bonds is 8. The summed E-state index contributed by atoms with van der Waals surface area (Å²) in [6.07, 6.45) is 14.1. The summed E-state index contributed by atoms with van der Waals surface area (Å²) in [5.74, 6) is 0.686. The number of hydrogen-bond acceptors (Lipinski definition) is 3. The minimum atomic E-state index is 0.232. The van der Waals surface area contributed by atoms with E-state index in [2.05, 4.69) is 55.8 Å². The number of pyridine rings is 1. The van der Waals surface area contributed by atoms with Crippen molar-refractivity contribution in [3.8, 4) is 17.1 Å². The third-order valence-corrected chi connectivity index (χ3v) is 5.51. The van der Waals surface area contributed by atoms with Crippen LogP contribution in [0.1, 0.15) is 77.8 Å². The molecule has 3 heteroatoms. The van der Waals surface area contributed by atoms with Crippen molar-refractivity contribution in [2.24, 2.45) is 0 Å². The molecule has 1 saturated carbocycles. The van der Waals surface area contributed by atoms with Crippen LogP contribution in [0.15, 0.2) is 74.0 Å². The minimum absolute atomic E-state index is 0.232. The molecule has 1 aliphatic carbocycles. The third kappa shape index (κ3) is 9.24. The quantitative estimate of drug-likeness (QED) is 0.357. The van der Waals surface area contributed by atoms with E-state index in [1.54, 1.807) is 0 Å². The number of aromatic nitrogens is 1. The topological polar surface area (TPSA) is 25.4 Å². The average molecular weight is 475 g/mol. The highest BCUT2D eigenvalue weighted by atomic mass is 16.5. The van der Waals surface area contributed by atoms with Crippen molar-refractivity contribution < 1.29 is 4.74 Å². The molecule has 0 atom stereocenters. The molecule has 3 nitrogen and oxygen atoms in total. The summed E-state index contributed by atoms with van der Waals surface area (Å²) >= 11 is 0. The van der Waals surface area contributed by atoms with Gasteiger partial charge in [0.25, 0.3) is 0 Å². The van der Waals surface area contributed by atoms with Crippen LogP contribution in [0.5, 0.6) is 5.88 Å². The zero-order valence-electron chi connectivity index (χ0n) is 23.1. The Labute approximate surface area is 214 Å². The van der Waals surface area contributed by atoms with E-state index in [0.29, 0.717) is 5.88 Å². The Morgan fingerprint density at radius 3 is 2.31 bits per heavy atom. The summed E-state index contributed by atoms with van der Waals surface area (Å²) < 4.78 is 6.43. The Balaban J connectivity index is 0.00000145. The molecule has 190 valence electrons. The molecule has 1 aromatic heterocycles. The smallest absolute Gasteiger partial charge is 0.222 e. The first-order valence-corrected chi connectivity index (χ1v) is 13.1. The van der Waals surface area contributed by atoms with Crippen LogP contribution in [0.3, 0.4) is 0 Å². The first-order valence-electron chi connectivity index (χ1n) is 13.1. The van der Waals surface area contributed by atoms with Crippen LogP contribution < -0.4 is 4.74 Å². The Bertz CT molecular complexity index is 979. The zero-order chi connectivity index (χ0) is 26.2. The zero-order valence-corrected chi connectivity index (χ0v) is 23.1. The fourth-order valence-corrected chi connectivity index (χ4v) is 3.95. The number of nitrogens with zero attached hydrogens (tertiary/aromatic N) is 2. The highest BCUT2D eigenvalue weighted by Crippen LogP contribution is 2.32. The number of ether oxygens (including phenoxy) is 1. The van der Waals surface area contributed by atoms with E-state index in [0.717, 1.165) is 46.4 Å². The van der Waals surface area contributed by atoms with Crippen LogP contribution in [0.4, 0.5) is 0 Å². The molecule has 0 amide bonds. The fourth-order valence-electron chi connectivity index (χ4n) is 3.95. The van der Waals surface area contributed by atoms with Crippen LogP contribution in [0.2, 0.25) is 0 Å². The van der Waals surface area contributed by atoms with Crippen molar-refractivity contribution in [2.75, 3.05) is 14.1 Å². The van der Waals surface area contributed by atoms with Gasteiger partial charge in [-0.1, -0.05) is 83.7 Å². The lowest BCUT2D eigenvalue weighted by Gasteiger charge is -2.24. The fraction of sp³-hybridized carbons (Fsp3) is 0.406. The van der Waals surface area contributed by atoms with Gasteiger partial charge < -0.3 is 9.64 Å². The van der Waals surface area contributed by atoms with Crippen LogP contribution in [-0.4, -0.2) is 30.1 Å². The van der Waals surface area contributed by atoms with Crippen LogP contribution >= 0.6 is 0 Å². The highest BCUT2D eigenvalue weighted by molar-refractivity contribution is 5.79. The van der Waals surface area contributed by atoms with Gasteiger partial charge in [-0.05, 0) is 67.5 Å². The van der Waals surface area contributed by atoms with Gasteiger partial charge in [-0.25, -0.2) is 4.98 Å². The summed E-state index contributed by atoms with van der Waals surface area (Å²) in [7, 11) is 4.03. The largest absolute Gasteiger partial charge is 0.474 e. The number of allylic oxidation sites excluding steroid dienone is 5. The summed E-state index contributed by atoms with van der Waals surface area (Å²) in [6, 6.07) is 12.5. The predicted octanol–water partition coefficient (Wildman–Crippen LogP) is 9.19. The Kier molecular flexibility index (Phi) is 14.2. The average Bonchev–Trinajstić information content (AvgIpc) is 2.90. The molecular formula is C32H46N2O. The van der Waals surface area contributed by atoms with Crippen molar-refractivity contribution in [1.82, 2.24) is 9.88 Å². The number of benzene rings is 1. The molecular weight excluding hydrogens is 428 g/mol. The standard InChI is InChI=1S/C28H34N2O.2C2H6/c1-6-12-21(3)26-17-18-27(29-28(26)31-25-15-9-8-10-16-25)24-14-11-13-23(19-24)22(7-2)20-30(4)5;2*1-2/h6-7,11-14,17-20,25H,2-3,8-10,15-16H2,1,4-5H3;2*1-2H3/b12-6-,22-20+;;. The molecule has 1 aliphatic rings. The normalized spacial score (nSPS) is 13.7. The van der Waals surface area contributed by atoms with E-state index >= 15 is 0 Å². The summed E-state index contributed by atoms with van der Waals surface area (Å²) in [6.45, 7) is 18.2. The first-order chi connectivity index (χ1) is 17.0. The Hall–Kier alpha value is -3.07. The molecule has 0 N–H and O–H groups in total. The van der Waals surface area contributed by atoms with Crippen LogP contribution in [0.25, 0.3) is 22.4 Å². The van der Waals surface area contributed by atoms with Gasteiger partial charge in [0.2, 0.25) is 5.88 Å². The minimum Gasteiger partial charge on any atom is -0.474 e. The van der Waals surface area contributed by atoms with E-state index in [9.17, 15) is 0 Å². The van der Waals surface area contributed by atoms with Gasteiger partial charge in [0.15, 0.2) is 0 Å². The molecule has 0 bridgehead atoms. The van der Waals surface area contributed by atoms with Gasteiger partial charge in [0, 0.05) is 31.4 Å². The Morgan fingerprint density at radius 2 is 1.71 bits per heavy atom. The van der Waals surface area contributed by atoms with Gasteiger partial charge in [-0.15, -0.1) is 0 Å². The van der Waals surface area contributed by atoms with Crippen molar-refractivity contribution in [3.63, 3.8) is 0 Å². The highest BCUT2D eigenvalue weighted by Gasteiger charge is 2.19. The summed E-state index contributed by atoms with van der Waals surface area (Å²) in [5.41, 5.74) is 6.02. The monoisotopic (exact) mass is 474 g/mol. The molecule has 1 heterocycles. The van der Waals surface area contributed by atoms with E-state index in [-0.39, 0.29) is 6.10 Å². The van der Waals surface area contributed by atoms with E-state index in [1.807, 2.05) is 71.8 Å². The van der Waals surface area contributed by atoms with Gasteiger partial charge in [0.05, 0.1) is 5.69 Å². The van der Waals surface area contributed by atoms with Crippen molar-refractivity contribution >= 4 is 11.1 Å².